The molecule has 0 saturated carbocycles. The zero-order valence-electron chi connectivity index (χ0n) is 12.9. The van der Waals surface area contributed by atoms with Crippen molar-refractivity contribution >= 4 is 22.1 Å². The summed E-state index contributed by atoms with van der Waals surface area (Å²) in [5, 5.41) is 4.44. The lowest BCUT2D eigenvalue weighted by atomic mass is 10.00. The molecule has 6 nitrogen and oxygen atoms in total. The Morgan fingerprint density at radius 1 is 1.32 bits per heavy atom. The minimum atomic E-state index is -2.86. The zero-order valence-corrected chi connectivity index (χ0v) is 14.5. The number of piperidine rings is 1. The van der Waals surface area contributed by atoms with E-state index in [1.54, 1.807) is 4.68 Å². The molecular formula is C14H23N3O3S2. The Labute approximate surface area is 136 Å². The average molecular weight is 345 g/mol. The number of aromatic nitrogens is 2. The molecule has 2 saturated heterocycles. The fourth-order valence-corrected chi connectivity index (χ4v) is 5.25. The van der Waals surface area contributed by atoms with E-state index in [9.17, 15) is 8.42 Å². The Kier molecular flexibility index (Phi) is 4.70. The quantitative estimate of drug-likeness (QED) is 0.776. The number of likely N-dealkylation sites (tertiary alicyclic amines) is 1. The molecule has 8 heteroatoms. The van der Waals surface area contributed by atoms with E-state index in [1.807, 2.05) is 0 Å². The maximum Gasteiger partial charge on any atom is 0.288 e. The lowest BCUT2D eigenvalue weighted by Gasteiger charge is -2.29. The number of hydrogen-bond acceptors (Lipinski definition) is 6. The maximum atomic E-state index is 11.5. The molecule has 0 aliphatic carbocycles. The first-order chi connectivity index (χ1) is 10.4. The first-order valence-corrected chi connectivity index (χ1v) is 10.1. The molecule has 2 aliphatic heterocycles. The molecule has 0 radical (unpaired) electrons. The predicted molar refractivity (Wildman–Crippen MR) is 85.8 cm³/mol. The summed E-state index contributed by atoms with van der Waals surface area (Å²) in [4.78, 5) is 2.72. The third-order valence-corrected chi connectivity index (χ3v) is 6.78. The van der Waals surface area contributed by atoms with Crippen LogP contribution in [0.5, 0.6) is 0 Å². The van der Waals surface area contributed by atoms with Gasteiger partial charge in [0.1, 0.15) is 0 Å². The van der Waals surface area contributed by atoms with Crippen LogP contribution in [0, 0.1) is 16.7 Å². The average Bonchev–Trinajstić information content (AvgIpc) is 2.96. The topological polar surface area (TPSA) is 68.3 Å². The van der Waals surface area contributed by atoms with Crippen LogP contribution in [0.25, 0.3) is 0 Å². The van der Waals surface area contributed by atoms with E-state index in [0.717, 1.165) is 19.0 Å². The molecule has 1 aromatic heterocycles. The Bertz CT molecular complexity index is 672. The normalized spacial score (nSPS) is 26.5. The summed E-state index contributed by atoms with van der Waals surface area (Å²) < 4.78 is 30.3. The molecule has 2 aliphatic rings. The van der Waals surface area contributed by atoms with E-state index in [-0.39, 0.29) is 17.4 Å². The van der Waals surface area contributed by atoms with E-state index in [0.29, 0.717) is 30.2 Å². The largest absolute Gasteiger partial charge is 0.414 e. The minimum absolute atomic E-state index is 0.113. The van der Waals surface area contributed by atoms with Gasteiger partial charge in [-0.1, -0.05) is 6.92 Å². The molecule has 124 valence electrons. The summed E-state index contributed by atoms with van der Waals surface area (Å²) in [5.41, 5.74) is 0. The Balaban J connectivity index is 1.60. The van der Waals surface area contributed by atoms with Crippen molar-refractivity contribution in [2.75, 3.05) is 24.6 Å². The van der Waals surface area contributed by atoms with Crippen LogP contribution in [0.4, 0.5) is 0 Å². The first kappa shape index (κ1) is 16.1. The second-order valence-electron chi connectivity index (χ2n) is 6.68. The highest BCUT2D eigenvalue weighted by Gasteiger charge is 2.29. The summed E-state index contributed by atoms with van der Waals surface area (Å²) in [6.45, 7) is 5.07. The summed E-state index contributed by atoms with van der Waals surface area (Å²) in [6, 6.07) is 0. The Morgan fingerprint density at radius 2 is 2.05 bits per heavy atom. The van der Waals surface area contributed by atoms with E-state index in [2.05, 4.69) is 16.9 Å². The Morgan fingerprint density at radius 3 is 2.68 bits per heavy atom. The SMILES string of the molecule is CC1CCN(Cn2nc(C[C@H]3CCS(=O)(=O)C3)oc2=S)CC1. The van der Waals surface area contributed by atoms with Gasteiger partial charge in [0, 0.05) is 19.5 Å². The van der Waals surface area contributed by atoms with Crippen molar-refractivity contribution in [2.45, 2.75) is 39.3 Å². The van der Waals surface area contributed by atoms with E-state index in [4.69, 9.17) is 16.6 Å². The monoisotopic (exact) mass is 345 g/mol. The fraction of sp³-hybridized carbons (Fsp3) is 0.857. The van der Waals surface area contributed by atoms with Crippen LogP contribution in [0.2, 0.25) is 0 Å². The number of rotatable bonds is 4. The van der Waals surface area contributed by atoms with Crippen LogP contribution in [0.3, 0.4) is 0 Å². The highest BCUT2D eigenvalue weighted by Crippen LogP contribution is 2.22. The molecule has 0 bridgehead atoms. The molecule has 1 aromatic rings. The predicted octanol–water partition coefficient (Wildman–Crippen LogP) is 1.87. The molecular weight excluding hydrogens is 322 g/mol. The molecule has 2 fully saturated rings. The van der Waals surface area contributed by atoms with Gasteiger partial charge >= 0.3 is 0 Å². The number of hydrogen-bond donors (Lipinski definition) is 0. The van der Waals surface area contributed by atoms with Gasteiger partial charge in [0.2, 0.25) is 5.89 Å². The van der Waals surface area contributed by atoms with Crippen LogP contribution in [0.15, 0.2) is 4.42 Å². The Hall–Kier alpha value is -0.730. The van der Waals surface area contributed by atoms with Gasteiger partial charge < -0.3 is 4.42 Å². The van der Waals surface area contributed by atoms with Gasteiger partial charge in [0.15, 0.2) is 9.84 Å². The van der Waals surface area contributed by atoms with Crippen molar-refractivity contribution in [2.24, 2.45) is 11.8 Å². The number of sulfone groups is 1. The highest BCUT2D eigenvalue weighted by atomic mass is 32.2. The zero-order chi connectivity index (χ0) is 15.7. The lowest BCUT2D eigenvalue weighted by molar-refractivity contribution is 0.144. The van der Waals surface area contributed by atoms with E-state index in [1.165, 1.54) is 12.8 Å². The third-order valence-electron chi connectivity index (χ3n) is 4.65. The second-order valence-corrected chi connectivity index (χ2v) is 9.25. The van der Waals surface area contributed by atoms with Crippen LogP contribution in [-0.4, -0.2) is 47.7 Å². The molecule has 3 heterocycles. The van der Waals surface area contributed by atoms with Crippen molar-refractivity contribution < 1.29 is 12.8 Å². The van der Waals surface area contributed by atoms with Gasteiger partial charge in [-0.3, -0.25) is 4.90 Å². The van der Waals surface area contributed by atoms with Gasteiger partial charge in [-0.15, -0.1) is 5.10 Å². The summed E-state index contributed by atoms with van der Waals surface area (Å²) >= 11 is 5.24. The maximum absolute atomic E-state index is 11.5. The molecule has 1 atom stereocenters. The van der Waals surface area contributed by atoms with E-state index >= 15 is 0 Å². The number of nitrogens with zero attached hydrogens (tertiary/aromatic N) is 3. The van der Waals surface area contributed by atoms with Crippen molar-refractivity contribution in [3.05, 3.63) is 10.7 Å². The van der Waals surface area contributed by atoms with Crippen molar-refractivity contribution in [3.8, 4) is 0 Å². The molecule has 0 unspecified atom stereocenters. The molecule has 0 N–H and O–H groups in total. The van der Waals surface area contributed by atoms with Crippen molar-refractivity contribution in [1.29, 1.82) is 0 Å². The lowest BCUT2D eigenvalue weighted by Crippen LogP contribution is -2.34. The smallest absolute Gasteiger partial charge is 0.288 e. The van der Waals surface area contributed by atoms with Gasteiger partial charge in [-0.25, -0.2) is 13.1 Å². The molecule has 0 spiro atoms. The highest BCUT2D eigenvalue weighted by molar-refractivity contribution is 7.91. The summed E-state index contributed by atoms with van der Waals surface area (Å²) in [6.07, 6.45) is 3.67. The third kappa shape index (κ3) is 3.97. The fourth-order valence-electron chi connectivity index (χ4n) is 3.19. The van der Waals surface area contributed by atoms with Gasteiger partial charge in [-0.05, 0) is 43.3 Å². The van der Waals surface area contributed by atoms with Crippen LogP contribution >= 0.6 is 12.2 Å². The second kappa shape index (κ2) is 6.41. The molecule has 3 rings (SSSR count). The van der Waals surface area contributed by atoms with Crippen molar-refractivity contribution in [3.63, 3.8) is 0 Å². The van der Waals surface area contributed by atoms with E-state index < -0.39 is 9.84 Å². The molecule has 0 aromatic carbocycles. The van der Waals surface area contributed by atoms with Crippen LogP contribution < -0.4 is 0 Å². The van der Waals surface area contributed by atoms with Crippen molar-refractivity contribution in [1.82, 2.24) is 14.7 Å². The summed E-state index contributed by atoms with van der Waals surface area (Å²) in [5.74, 6) is 2.00. The standard InChI is InChI=1S/C14H23N3O3S2/c1-11-2-5-16(6-3-11)10-17-14(21)20-13(15-17)8-12-4-7-22(18,19)9-12/h11-12H,2-10H2,1H3/t12-/m1/s1. The van der Waals surface area contributed by atoms with Crippen LogP contribution in [-0.2, 0) is 22.9 Å². The van der Waals surface area contributed by atoms with Gasteiger partial charge in [0.05, 0.1) is 18.2 Å². The summed E-state index contributed by atoms with van der Waals surface area (Å²) in [7, 11) is -2.86. The molecule has 0 amide bonds. The first-order valence-electron chi connectivity index (χ1n) is 7.91. The van der Waals surface area contributed by atoms with Gasteiger partial charge in [0.25, 0.3) is 4.84 Å². The van der Waals surface area contributed by atoms with Crippen LogP contribution in [0.1, 0.15) is 32.1 Å². The minimum Gasteiger partial charge on any atom is -0.414 e. The van der Waals surface area contributed by atoms with Gasteiger partial charge in [-0.2, -0.15) is 0 Å². The molecule has 22 heavy (non-hydrogen) atoms.